The molecule has 166 valence electrons. The third-order valence-electron chi connectivity index (χ3n) is 4.64. The van der Waals surface area contributed by atoms with Crippen molar-refractivity contribution in [2.24, 2.45) is 0 Å². The van der Waals surface area contributed by atoms with Crippen LogP contribution < -0.4 is 4.74 Å². The Bertz CT molecular complexity index is 587. The van der Waals surface area contributed by atoms with Gasteiger partial charge in [-0.3, -0.25) is 0 Å². The van der Waals surface area contributed by atoms with Gasteiger partial charge in [-0.15, -0.1) is 0 Å². The summed E-state index contributed by atoms with van der Waals surface area (Å²) in [5.41, 5.74) is 1.30. The summed E-state index contributed by atoms with van der Waals surface area (Å²) in [6, 6.07) is 8.32. The molecule has 0 heterocycles. The van der Waals surface area contributed by atoms with Crippen LogP contribution in [0.3, 0.4) is 0 Å². The van der Waals surface area contributed by atoms with Crippen molar-refractivity contribution in [3.63, 3.8) is 0 Å². The molecule has 0 atom stereocenters. The smallest absolute Gasteiger partial charge is 0.330 e. The van der Waals surface area contributed by atoms with E-state index in [0.717, 1.165) is 63.5 Å². The van der Waals surface area contributed by atoms with E-state index in [1.54, 1.807) is 0 Å². The minimum atomic E-state index is -0.357. The first-order valence-electron chi connectivity index (χ1n) is 11.0. The fourth-order valence-electron chi connectivity index (χ4n) is 2.96. The van der Waals surface area contributed by atoms with Crippen molar-refractivity contribution in [2.75, 3.05) is 19.8 Å². The molecule has 1 rings (SSSR count). The molecule has 0 aromatic heterocycles. The number of hydrogen-bond donors (Lipinski definition) is 0. The molecule has 0 bridgehead atoms. The summed E-state index contributed by atoms with van der Waals surface area (Å²) >= 11 is 0. The van der Waals surface area contributed by atoms with Gasteiger partial charge in [0.25, 0.3) is 0 Å². The monoisotopic (exact) mass is 416 g/mol. The van der Waals surface area contributed by atoms with E-state index in [1.165, 1.54) is 24.1 Å². The zero-order valence-electron chi connectivity index (χ0n) is 18.1. The molecule has 0 saturated carbocycles. The van der Waals surface area contributed by atoms with Crippen molar-refractivity contribution in [3.8, 4) is 5.75 Å². The maximum Gasteiger partial charge on any atom is 0.330 e. The van der Waals surface area contributed by atoms with E-state index in [0.29, 0.717) is 19.8 Å². The van der Waals surface area contributed by atoms with Crippen LogP contribution in [0.4, 0.5) is 0 Å². The van der Waals surface area contributed by atoms with E-state index >= 15 is 0 Å². The Hall–Kier alpha value is -2.56. The van der Waals surface area contributed by atoms with Gasteiger partial charge in [-0.05, 0) is 62.6 Å². The molecule has 0 aliphatic heterocycles. The van der Waals surface area contributed by atoms with E-state index in [1.807, 2.05) is 12.1 Å². The predicted molar refractivity (Wildman–Crippen MR) is 120 cm³/mol. The van der Waals surface area contributed by atoms with Gasteiger partial charge in [0.05, 0.1) is 19.8 Å². The SMILES string of the molecule is C=CC(=O)OCCCCCCCc1cccc(OCCCCCCOC(=O)C=C)c1. The molecule has 0 fully saturated rings. The number of esters is 2. The average Bonchev–Trinajstić information content (AvgIpc) is 2.77. The van der Waals surface area contributed by atoms with Crippen LogP contribution in [0.1, 0.15) is 63.4 Å². The molecule has 0 N–H and O–H groups in total. The first-order valence-corrected chi connectivity index (χ1v) is 11.0. The lowest BCUT2D eigenvalue weighted by Gasteiger charge is -2.08. The number of unbranched alkanes of at least 4 members (excludes halogenated alkanes) is 7. The summed E-state index contributed by atoms with van der Waals surface area (Å²) in [6.45, 7) is 8.38. The molecule has 0 spiro atoms. The molecule has 0 amide bonds. The van der Waals surface area contributed by atoms with Crippen molar-refractivity contribution in [2.45, 2.75) is 64.2 Å². The van der Waals surface area contributed by atoms with Crippen LogP contribution in [0.15, 0.2) is 49.6 Å². The molecule has 1 aromatic rings. The number of aryl methyl sites for hydroxylation is 1. The Morgan fingerprint density at radius 1 is 0.733 bits per heavy atom. The van der Waals surface area contributed by atoms with Gasteiger partial charge in [0.1, 0.15) is 5.75 Å². The highest BCUT2D eigenvalue weighted by Crippen LogP contribution is 2.17. The Kier molecular flexibility index (Phi) is 14.7. The van der Waals surface area contributed by atoms with Gasteiger partial charge in [0.15, 0.2) is 0 Å². The second kappa shape index (κ2) is 17.3. The van der Waals surface area contributed by atoms with Crippen LogP contribution in [0.5, 0.6) is 5.75 Å². The molecule has 1 aromatic carbocycles. The lowest BCUT2D eigenvalue weighted by molar-refractivity contribution is -0.138. The number of carbonyl (C=O) groups excluding carboxylic acids is 2. The maximum absolute atomic E-state index is 10.9. The predicted octanol–water partition coefficient (Wildman–Crippen LogP) is 5.58. The van der Waals surface area contributed by atoms with E-state index in [4.69, 9.17) is 14.2 Å². The van der Waals surface area contributed by atoms with Crippen molar-refractivity contribution in [3.05, 3.63) is 55.1 Å². The van der Waals surface area contributed by atoms with Gasteiger partial charge >= 0.3 is 11.9 Å². The van der Waals surface area contributed by atoms with Crippen LogP contribution in [0.2, 0.25) is 0 Å². The summed E-state index contributed by atoms with van der Waals surface area (Å²) < 4.78 is 15.8. The zero-order valence-corrected chi connectivity index (χ0v) is 18.1. The van der Waals surface area contributed by atoms with Crippen LogP contribution in [0, 0.1) is 0 Å². The van der Waals surface area contributed by atoms with Gasteiger partial charge < -0.3 is 14.2 Å². The summed E-state index contributed by atoms with van der Waals surface area (Å²) in [6.07, 6.45) is 12.8. The zero-order chi connectivity index (χ0) is 21.9. The Morgan fingerprint density at radius 2 is 1.27 bits per heavy atom. The number of rotatable bonds is 18. The second-order valence-electron chi connectivity index (χ2n) is 7.17. The molecule has 5 nitrogen and oxygen atoms in total. The van der Waals surface area contributed by atoms with Crippen LogP contribution in [-0.2, 0) is 25.5 Å². The Morgan fingerprint density at radius 3 is 1.87 bits per heavy atom. The minimum Gasteiger partial charge on any atom is -0.494 e. The summed E-state index contributed by atoms with van der Waals surface area (Å²) in [7, 11) is 0. The van der Waals surface area contributed by atoms with Gasteiger partial charge in [-0.25, -0.2) is 9.59 Å². The molecule has 0 aliphatic rings. The maximum atomic E-state index is 10.9. The molecule has 5 heteroatoms. The number of benzene rings is 1. The molecule has 0 aliphatic carbocycles. The normalized spacial score (nSPS) is 10.3. The third kappa shape index (κ3) is 13.6. The number of carbonyl (C=O) groups is 2. The van der Waals surface area contributed by atoms with Gasteiger partial charge in [-0.2, -0.15) is 0 Å². The molecule has 30 heavy (non-hydrogen) atoms. The van der Waals surface area contributed by atoms with Crippen molar-refractivity contribution < 1.29 is 23.8 Å². The van der Waals surface area contributed by atoms with Crippen LogP contribution >= 0.6 is 0 Å². The summed E-state index contributed by atoms with van der Waals surface area (Å²) in [5.74, 6) is 0.227. The van der Waals surface area contributed by atoms with E-state index in [2.05, 4.69) is 25.3 Å². The molecule has 0 radical (unpaired) electrons. The molecule has 0 unspecified atom stereocenters. The lowest BCUT2D eigenvalue weighted by Crippen LogP contribution is -2.02. The third-order valence-corrected chi connectivity index (χ3v) is 4.64. The van der Waals surface area contributed by atoms with Gasteiger partial charge in [0.2, 0.25) is 0 Å². The fraction of sp³-hybridized carbons (Fsp3) is 0.520. The first-order chi connectivity index (χ1) is 14.7. The highest BCUT2D eigenvalue weighted by atomic mass is 16.5. The van der Waals surface area contributed by atoms with Gasteiger partial charge in [-0.1, -0.05) is 44.6 Å². The average molecular weight is 417 g/mol. The second-order valence-corrected chi connectivity index (χ2v) is 7.17. The fourth-order valence-corrected chi connectivity index (χ4v) is 2.96. The largest absolute Gasteiger partial charge is 0.494 e. The number of hydrogen-bond acceptors (Lipinski definition) is 5. The highest BCUT2D eigenvalue weighted by Gasteiger charge is 2.00. The van der Waals surface area contributed by atoms with Crippen LogP contribution in [-0.4, -0.2) is 31.8 Å². The highest BCUT2D eigenvalue weighted by molar-refractivity contribution is 5.81. The lowest BCUT2D eigenvalue weighted by atomic mass is 10.1. The summed E-state index contributed by atoms with van der Waals surface area (Å²) in [4.78, 5) is 21.8. The Balaban J connectivity index is 2.04. The standard InChI is InChI=1S/C25H36O5/c1-3-24(26)29-19-12-7-5-6-10-15-22-16-14-17-23(21-22)28-18-11-8-9-13-20-30-25(27)4-2/h3-4,14,16-17,21H,1-2,5-13,15,18-20H2. The van der Waals surface area contributed by atoms with Crippen LogP contribution in [0.25, 0.3) is 0 Å². The molecular weight excluding hydrogens is 380 g/mol. The summed E-state index contributed by atoms with van der Waals surface area (Å²) in [5, 5.41) is 0. The van der Waals surface area contributed by atoms with E-state index in [9.17, 15) is 9.59 Å². The van der Waals surface area contributed by atoms with Crippen molar-refractivity contribution in [1.82, 2.24) is 0 Å². The van der Waals surface area contributed by atoms with E-state index in [-0.39, 0.29) is 11.9 Å². The molecular formula is C25H36O5. The van der Waals surface area contributed by atoms with Crippen molar-refractivity contribution in [1.29, 1.82) is 0 Å². The van der Waals surface area contributed by atoms with Crippen molar-refractivity contribution >= 4 is 11.9 Å². The van der Waals surface area contributed by atoms with Gasteiger partial charge in [0, 0.05) is 12.2 Å². The van der Waals surface area contributed by atoms with E-state index < -0.39 is 0 Å². The first kappa shape index (κ1) is 25.5. The Labute approximate surface area is 181 Å². The topological polar surface area (TPSA) is 61.8 Å². The number of ether oxygens (including phenoxy) is 3. The quantitative estimate of drug-likeness (QED) is 0.178. The molecule has 0 saturated heterocycles. The minimum absolute atomic E-state index is 0.344.